The van der Waals surface area contributed by atoms with Crippen molar-refractivity contribution in [1.29, 1.82) is 0 Å². The number of nitrogens with zero attached hydrogens (tertiary/aromatic N) is 3. The van der Waals surface area contributed by atoms with E-state index >= 15 is 0 Å². The smallest absolute Gasteiger partial charge is 0.233 e. The maximum Gasteiger partial charge on any atom is 0.233 e. The fourth-order valence-electron chi connectivity index (χ4n) is 4.90. The molecule has 0 bridgehead atoms. The topological polar surface area (TPSA) is 84.0 Å². The standard InChI is InChI=1S/C29H46N4O4S/c1-23(2)11-10-16-33(17-18-36-4)29-20-24(19-28(31-29)32(3)38(5,34)35)21-37-22-27-26(14-9-15-30-27)25-12-7-6-8-13-25/h6-8,12-13,19-20,23,26-27,30H,9-11,14-18,21-22H2,1-5H3/t26-,27+/m0/s1. The summed E-state index contributed by atoms with van der Waals surface area (Å²) in [6.45, 7) is 8.46. The van der Waals surface area contributed by atoms with Gasteiger partial charge in [-0.3, -0.25) is 4.31 Å². The fraction of sp³-hybridized carbons (Fsp3) is 0.621. The largest absolute Gasteiger partial charge is 0.383 e. The van der Waals surface area contributed by atoms with Gasteiger partial charge in [0, 0.05) is 39.2 Å². The lowest BCUT2D eigenvalue weighted by molar-refractivity contribution is 0.0842. The molecule has 2 atom stereocenters. The number of rotatable bonds is 15. The van der Waals surface area contributed by atoms with Gasteiger partial charge in [0.1, 0.15) is 11.6 Å². The van der Waals surface area contributed by atoms with Crippen LogP contribution in [0.5, 0.6) is 0 Å². The minimum Gasteiger partial charge on any atom is -0.383 e. The predicted molar refractivity (Wildman–Crippen MR) is 156 cm³/mol. The Kier molecular flexibility index (Phi) is 11.8. The van der Waals surface area contributed by atoms with Crippen LogP contribution in [0.4, 0.5) is 11.6 Å². The molecule has 0 saturated carbocycles. The van der Waals surface area contributed by atoms with Crippen LogP contribution in [0.2, 0.25) is 0 Å². The monoisotopic (exact) mass is 546 g/mol. The molecule has 1 aromatic carbocycles. The molecule has 2 aromatic rings. The van der Waals surface area contributed by atoms with E-state index < -0.39 is 10.0 Å². The highest BCUT2D eigenvalue weighted by Crippen LogP contribution is 2.29. The summed E-state index contributed by atoms with van der Waals surface area (Å²) in [6, 6.07) is 14.7. The molecule has 1 N–H and O–H groups in total. The van der Waals surface area contributed by atoms with Crippen LogP contribution in [0.3, 0.4) is 0 Å². The Morgan fingerprint density at radius 2 is 1.87 bits per heavy atom. The number of methoxy groups -OCH3 is 1. The summed E-state index contributed by atoms with van der Waals surface area (Å²) in [4.78, 5) is 6.93. The number of aromatic nitrogens is 1. The van der Waals surface area contributed by atoms with Gasteiger partial charge in [-0.15, -0.1) is 0 Å². The van der Waals surface area contributed by atoms with E-state index in [9.17, 15) is 8.42 Å². The summed E-state index contributed by atoms with van der Waals surface area (Å²) in [5.74, 6) is 2.17. The molecule has 1 fully saturated rings. The number of anilines is 2. The Hall–Kier alpha value is -2.20. The van der Waals surface area contributed by atoms with E-state index in [2.05, 4.69) is 54.4 Å². The molecule has 0 spiro atoms. The molecular formula is C29H46N4O4S. The second kappa shape index (κ2) is 14.8. The minimum absolute atomic E-state index is 0.236. The normalized spacial score (nSPS) is 18.1. The summed E-state index contributed by atoms with van der Waals surface area (Å²) in [6.07, 6.45) is 5.62. The lowest BCUT2D eigenvalue weighted by atomic mass is 9.85. The summed E-state index contributed by atoms with van der Waals surface area (Å²) >= 11 is 0. The molecule has 0 aliphatic carbocycles. The summed E-state index contributed by atoms with van der Waals surface area (Å²) in [7, 11) is -0.227. The first-order chi connectivity index (χ1) is 18.2. The number of piperidine rings is 1. The number of ether oxygens (including phenoxy) is 2. The van der Waals surface area contributed by atoms with E-state index in [-0.39, 0.29) is 6.04 Å². The predicted octanol–water partition coefficient (Wildman–Crippen LogP) is 4.42. The van der Waals surface area contributed by atoms with Gasteiger partial charge in [0.2, 0.25) is 10.0 Å². The molecular weight excluding hydrogens is 500 g/mol. The Morgan fingerprint density at radius 1 is 1.13 bits per heavy atom. The van der Waals surface area contributed by atoms with Crippen LogP contribution in [0.25, 0.3) is 0 Å². The van der Waals surface area contributed by atoms with E-state index in [1.54, 1.807) is 14.2 Å². The lowest BCUT2D eigenvalue weighted by Gasteiger charge is -2.33. The number of hydrogen-bond acceptors (Lipinski definition) is 7. The van der Waals surface area contributed by atoms with E-state index in [4.69, 9.17) is 14.5 Å². The Balaban J connectivity index is 1.78. The molecule has 1 saturated heterocycles. The third-order valence-corrected chi connectivity index (χ3v) is 8.34. The van der Waals surface area contributed by atoms with Gasteiger partial charge in [-0.25, -0.2) is 13.4 Å². The van der Waals surface area contributed by atoms with Crippen LogP contribution in [0.1, 0.15) is 56.6 Å². The van der Waals surface area contributed by atoms with Crippen LogP contribution in [-0.2, 0) is 26.1 Å². The zero-order valence-electron chi connectivity index (χ0n) is 23.7. The van der Waals surface area contributed by atoms with Crippen LogP contribution < -0.4 is 14.5 Å². The molecule has 3 rings (SSSR count). The van der Waals surface area contributed by atoms with Crippen LogP contribution in [0, 0.1) is 5.92 Å². The number of benzene rings is 1. The van der Waals surface area contributed by atoms with Crippen LogP contribution in [-0.4, -0.2) is 72.7 Å². The quantitative estimate of drug-likeness (QED) is 0.354. The van der Waals surface area contributed by atoms with E-state index in [1.807, 2.05) is 12.1 Å². The third-order valence-electron chi connectivity index (χ3n) is 7.16. The summed E-state index contributed by atoms with van der Waals surface area (Å²) < 4.78 is 37.5. The molecule has 1 aliphatic rings. The highest BCUT2D eigenvalue weighted by atomic mass is 32.2. The van der Waals surface area contributed by atoms with Crippen molar-refractivity contribution in [2.45, 2.75) is 58.1 Å². The van der Waals surface area contributed by atoms with Gasteiger partial charge in [-0.05, 0) is 61.4 Å². The van der Waals surface area contributed by atoms with Crippen molar-refractivity contribution in [3.05, 3.63) is 53.6 Å². The molecule has 8 nitrogen and oxygen atoms in total. The van der Waals surface area contributed by atoms with Crippen molar-refractivity contribution in [3.63, 3.8) is 0 Å². The highest BCUT2D eigenvalue weighted by Gasteiger charge is 2.26. The van der Waals surface area contributed by atoms with Gasteiger partial charge in [0.05, 0.1) is 26.1 Å². The number of sulfonamides is 1. The molecule has 2 heterocycles. The zero-order chi connectivity index (χ0) is 27.5. The van der Waals surface area contributed by atoms with Gasteiger partial charge in [0.15, 0.2) is 0 Å². The van der Waals surface area contributed by atoms with Gasteiger partial charge < -0.3 is 19.7 Å². The van der Waals surface area contributed by atoms with Crippen molar-refractivity contribution < 1.29 is 17.9 Å². The van der Waals surface area contributed by atoms with Gasteiger partial charge in [-0.1, -0.05) is 44.2 Å². The molecule has 212 valence electrons. The number of nitrogens with one attached hydrogen (secondary N) is 1. The van der Waals surface area contributed by atoms with Crippen LogP contribution >= 0.6 is 0 Å². The molecule has 38 heavy (non-hydrogen) atoms. The second-order valence-corrected chi connectivity index (χ2v) is 12.7. The van der Waals surface area contributed by atoms with Crippen molar-refractivity contribution in [3.8, 4) is 0 Å². The second-order valence-electron chi connectivity index (χ2n) is 10.7. The molecule has 0 unspecified atom stereocenters. The first-order valence-corrected chi connectivity index (χ1v) is 15.6. The van der Waals surface area contributed by atoms with Crippen molar-refractivity contribution in [1.82, 2.24) is 10.3 Å². The van der Waals surface area contributed by atoms with Gasteiger partial charge in [0.25, 0.3) is 0 Å². The Labute approximate surface area is 229 Å². The van der Waals surface area contributed by atoms with Crippen molar-refractivity contribution in [2.75, 3.05) is 62.5 Å². The maximum absolute atomic E-state index is 12.3. The first-order valence-electron chi connectivity index (χ1n) is 13.7. The third kappa shape index (κ3) is 9.22. The van der Waals surface area contributed by atoms with Gasteiger partial charge in [-0.2, -0.15) is 0 Å². The Morgan fingerprint density at radius 3 is 2.55 bits per heavy atom. The first kappa shape index (κ1) is 30.3. The minimum atomic E-state index is -3.46. The molecule has 0 amide bonds. The zero-order valence-corrected chi connectivity index (χ0v) is 24.5. The molecule has 1 aromatic heterocycles. The average molecular weight is 547 g/mol. The summed E-state index contributed by atoms with van der Waals surface area (Å²) in [5.41, 5.74) is 2.24. The van der Waals surface area contributed by atoms with E-state index in [1.165, 1.54) is 16.1 Å². The number of hydrogen-bond donors (Lipinski definition) is 1. The maximum atomic E-state index is 12.3. The summed E-state index contributed by atoms with van der Waals surface area (Å²) in [5, 5.41) is 3.64. The van der Waals surface area contributed by atoms with E-state index in [0.29, 0.717) is 44.0 Å². The van der Waals surface area contributed by atoms with E-state index in [0.717, 1.165) is 50.2 Å². The lowest BCUT2D eigenvalue weighted by Crippen LogP contribution is -2.43. The van der Waals surface area contributed by atoms with Crippen molar-refractivity contribution in [2.24, 2.45) is 5.92 Å². The molecule has 0 radical (unpaired) electrons. The Bertz CT molecular complexity index is 1080. The highest BCUT2D eigenvalue weighted by molar-refractivity contribution is 7.92. The average Bonchev–Trinajstić information content (AvgIpc) is 2.90. The van der Waals surface area contributed by atoms with Crippen molar-refractivity contribution >= 4 is 21.7 Å². The fourth-order valence-corrected chi connectivity index (χ4v) is 5.33. The SMILES string of the molecule is COCCN(CCCC(C)C)c1cc(COC[C@H]2NCCC[C@H]2c2ccccc2)cc(N(C)S(C)(=O)=O)n1. The molecule has 1 aliphatic heterocycles. The molecule has 9 heteroatoms. The van der Waals surface area contributed by atoms with Crippen LogP contribution in [0.15, 0.2) is 42.5 Å². The number of pyridine rings is 1. The van der Waals surface area contributed by atoms with Gasteiger partial charge >= 0.3 is 0 Å².